The minimum atomic E-state index is -0.179. The molecule has 0 atom stereocenters. The van der Waals surface area contributed by atoms with Gasteiger partial charge in [0.1, 0.15) is 10.7 Å². The molecule has 29 heavy (non-hydrogen) atoms. The fraction of sp³-hybridized carbons (Fsp3) is 0.762. The molecule has 1 aromatic heterocycles. The van der Waals surface area contributed by atoms with Crippen LogP contribution in [0.15, 0.2) is 5.38 Å². The quantitative estimate of drug-likeness (QED) is 0.463. The average molecular weight is 426 g/mol. The number of amides is 2. The second-order valence-corrected chi connectivity index (χ2v) is 8.52. The maximum Gasteiger partial charge on any atom is 0.270 e. The summed E-state index contributed by atoms with van der Waals surface area (Å²) in [6.07, 6.45) is 8.24. The van der Waals surface area contributed by atoms with Crippen LogP contribution in [0.4, 0.5) is 0 Å². The van der Waals surface area contributed by atoms with Crippen LogP contribution in [-0.2, 0) is 20.8 Å². The molecule has 8 heteroatoms. The number of carbonyl (C=O) groups excluding carboxylic acids is 2. The second-order valence-electron chi connectivity index (χ2n) is 7.58. The highest BCUT2D eigenvalue weighted by molar-refractivity contribution is 7.09. The first-order chi connectivity index (χ1) is 14.1. The Kier molecular flexibility index (Phi) is 11.2. The molecule has 0 aliphatic heterocycles. The third kappa shape index (κ3) is 8.80. The maximum atomic E-state index is 12.8. The molecular formula is C21H35N3O4S. The molecule has 0 radical (unpaired) electrons. The van der Waals surface area contributed by atoms with Gasteiger partial charge in [-0.15, -0.1) is 11.3 Å². The summed E-state index contributed by atoms with van der Waals surface area (Å²) in [5.74, 6) is 0.698. The Balaban J connectivity index is 1.87. The summed E-state index contributed by atoms with van der Waals surface area (Å²) in [6, 6.07) is 0. The van der Waals surface area contributed by atoms with Crippen molar-refractivity contribution in [3.8, 4) is 0 Å². The third-order valence-electron chi connectivity index (χ3n) is 5.29. The van der Waals surface area contributed by atoms with E-state index >= 15 is 0 Å². The highest BCUT2D eigenvalue weighted by Crippen LogP contribution is 2.28. The predicted octanol–water partition coefficient (Wildman–Crippen LogP) is 3.24. The molecule has 2 amide bonds. The van der Waals surface area contributed by atoms with Crippen molar-refractivity contribution in [3.63, 3.8) is 0 Å². The van der Waals surface area contributed by atoms with Gasteiger partial charge in [0.05, 0.1) is 6.54 Å². The molecular weight excluding hydrogens is 390 g/mol. The lowest BCUT2D eigenvalue weighted by Crippen LogP contribution is -2.32. The SMILES string of the molecule is COCCCNC(=O)c1csc(CN(CCCOC)C(=O)CCC2CCCC2)n1. The lowest BCUT2D eigenvalue weighted by molar-refractivity contribution is -0.132. The minimum Gasteiger partial charge on any atom is -0.385 e. The molecule has 1 saturated carbocycles. The van der Waals surface area contributed by atoms with Crippen molar-refractivity contribution < 1.29 is 19.1 Å². The first-order valence-corrected chi connectivity index (χ1v) is 11.5. The molecule has 7 nitrogen and oxygen atoms in total. The van der Waals surface area contributed by atoms with Gasteiger partial charge in [-0.2, -0.15) is 0 Å². The largest absolute Gasteiger partial charge is 0.385 e. The highest BCUT2D eigenvalue weighted by atomic mass is 32.1. The molecule has 1 aromatic rings. The van der Waals surface area contributed by atoms with E-state index in [0.717, 1.165) is 24.3 Å². The molecule has 1 aliphatic carbocycles. The normalized spacial score (nSPS) is 14.3. The molecule has 0 unspecified atom stereocenters. The monoisotopic (exact) mass is 425 g/mol. The van der Waals surface area contributed by atoms with Crippen LogP contribution in [0.1, 0.15) is 66.9 Å². The number of carbonyl (C=O) groups is 2. The molecule has 2 rings (SSSR count). The van der Waals surface area contributed by atoms with E-state index < -0.39 is 0 Å². The molecule has 1 N–H and O–H groups in total. The van der Waals surface area contributed by atoms with Gasteiger partial charge in [0.15, 0.2) is 0 Å². The van der Waals surface area contributed by atoms with Crippen LogP contribution < -0.4 is 5.32 Å². The first-order valence-electron chi connectivity index (χ1n) is 10.6. The molecule has 0 aromatic carbocycles. The maximum absolute atomic E-state index is 12.8. The average Bonchev–Trinajstić information content (AvgIpc) is 3.40. The van der Waals surface area contributed by atoms with E-state index in [1.54, 1.807) is 19.6 Å². The number of rotatable bonds is 14. The van der Waals surface area contributed by atoms with E-state index in [2.05, 4.69) is 10.3 Å². The lowest BCUT2D eigenvalue weighted by Gasteiger charge is -2.22. The van der Waals surface area contributed by atoms with E-state index in [1.165, 1.54) is 37.0 Å². The lowest BCUT2D eigenvalue weighted by atomic mass is 10.0. The number of ether oxygens (including phenoxy) is 2. The number of methoxy groups -OCH3 is 2. The van der Waals surface area contributed by atoms with E-state index in [0.29, 0.717) is 50.9 Å². The Morgan fingerprint density at radius 2 is 1.93 bits per heavy atom. The van der Waals surface area contributed by atoms with Crippen LogP contribution in [0.5, 0.6) is 0 Å². The number of hydrogen-bond donors (Lipinski definition) is 1. The standard InChI is InChI=1S/C21H35N3O4S/c1-27-13-5-11-22-21(26)18-16-29-19(23-18)15-24(12-6-14-28-2)20(25)10-9-17-7-3-4-8-17/h16-17H,3-15H2,1-2H3,(H,22,26). The van der Waals surface area contributed by atoms with Crippen molar-refractivity contribution in [2.75, 3.05) is 40.5 Å². The summed E-state index contributed by atoms with van der Waals surface area (Å²) in [5.41, 5.74) is 0.415. The van der Waals surface area contributed by atoms with Crippen molar-refractivity contribution in [1.29, 1.82) is 0 Å². The molecule has 1 heterocycles. The van der Waals surface area contributed by atoms with Gasteiger partial charge in [-0.25, -0.2) is 4.98 Å². The fourth-order valence-electron chi connectivity index (χ4n) is 3.64. The van der Waals surface area contributed by atoms with E-state index in [9.17, 15) is 9.59 Å². The zero-order valence-corrected chi connectivity index (χ0v) is 18.6. The van der Waals surface area contributed by atoms with E-state index in [1.807, 2.05) is 4.90 Å². The molecule has 0 saturated heterocycles. The summed E-state index contributed by atoms with van der Waals surface area (Å²) >= 11 is 1.43. The van der Waals surface area contributed by atoms with Gasteiger partial charge in [0, 0.05) is 52.3 Å². The molecule has 1 fully saturated rings. The van der Waals surface area contributed by atoms with E-state index in [4.69, 9.17) is 9.47 Å². The Morgan fingerprint density at radius 1 is 1.21 bits per heavy atom. The minimum absolute atomic E-state index is 0.175. The smallest absolute Gasteiger partial charge is 0.270 e. The molecule has 1 aliphatic rings. The number of nitrogens with zero attached hydrogens (tertiary/aromatic N) is 2. The molecule has 164 valence electrons. The van der Waals surface area contributed by atoms with Gasteiger partial charge >= 0.3 is 0 Å². The highest BCUT2D eigenvalue weighted by Gasteiger charge is 2.20. The van der Waals surface area contributed by atoms with Gasteiger partial charge in [0.25, 0.3) is 5.91 Å². The van der Waals surface area contributed by atoms with Crippen LogP contribution >= 0.6 is 11.3 Å². The second kappa shape index (κ2) is 13.7. The number of nitrogens with one attached hydrogen (secondary N) is 1. The van der Waals surface area contributed by atoms with Crippen LogP contribution in [0.3, 0.4) is 0 Å². The van der Waals surface area contributed by atoms with Crippen molar-refractivity contribution >= 4 is 23.2 Å². The summed E-state index contributed by atoms with van der Waals surface area (Å²) < 4.78 is 10.1. The van der Waals surface area contributed by atoms with Crippen LogP contribution in [-0.4, -0.2) is 62.2 Å². The Bertz CT molecular complexity index is 617. The Morgan fingerprint density at radius 3 is 2.66 bits per heavy atom. The number of hydrogen-bond acceptors (Lipinski definition) is 6. The number of aromatic nitrogens is 1. The summed E-state index contributed by atoms with van der Waals surface area (Å²) in [6.45, 7) is 2.90. The fourth-order valence-corrected chi connectivity index (χ4v) is 4.43. The topological polar surface area (TPSA) is 80.8 Å². The summed E-state index contributed by atoms with van der Waals surface area (Å²) in [4.78, 5) is 31.3. The van der Waals surface area contributed by atoms with Crippen molar-refractivity contribution in [3.05, 3.63) is 16.1 Å². The van der Waals surface area contributed by atoms with E-state index in [-0.39, 0.29) is 11.8 Å². The van der Waals surface area contributed by atoms with Gasteiger partial charge in [-0.3, -0.25) is 9.59 Å². The number of thiazole rings is 1. The van der Waals surface area contributed by atoms with Crippen molar-refractivity contribution in [2.24, 2.45) is 5.92 Å². The van der Waals surface area contributed by atoms with Crippen molar-refractivity contribution in [1.82, 2.24) is 15.2 Å². The third-order valence-corrected chi connectivity index (χ3v) is 6.13. The first kappa shape index (κ1) is 23.8. The zero-order chi connectivity index (χ0) is 20.9. The van der Waals surface area contributed by atoms with Gasteiger partial charge < -0.3 is 19.7 Å². The summed E-state index contributed by atoms with van der Waals surface area (Å²) in [5, 5.41) is 5.40. The van der Waals surface area contributed by atoms with Gasteiger partial charge in [0.2, 0.25) is 5.91 Å². The van der Waals surface area contributed by atoms with Crippen LogP contribution in [0, 0.1) is 5.92 Å². The molecule has 0 spiro atoms. The van der Waals surface area contributed by atoms with Crippen molar-refractivity contribution in [2.45, 2.75) is 57.9 Å². The van der Waals surface area contributed by atoms with Crippen LogP contribution in [0.25, 0.3) is 0 Å². The van der Waals surface area contributed by atoms with Crippen LogP contribution in [0.2, 0.25) is 0 Å². The predicted molar refractivity (Wildman–Crippen MR) is 114 cm³/mol. The Hall–Kier alpha value is -1.51. The summed E-state index contributed by atoms with van der Waals surface area (Å²) in [7, 11) is 3.31. The molecule has 0 bridgehead atoms. The van der Waals surface area contributed by atoms with Gasteiger partial charge in [-0.05, 0) is 25.2 Å². The van der Waals surface area contributed by atoms with Gasteiger partial charge in [-0.1, -0.05) is 25.7 Å². The Labute approximate surface area is 178 Å². The zero-order valence-electron chi connectivity index (χ0n) is 17.8.